The van der Waals surface area contributed by atoms with Crippen LogP contribution in [-0.2, 0) is 10.2 Å². The molecule has 2 rings (SSSR count). The highest BCUT2D eigenvalue weighted by Gasteiger charge is 2.39. The van der Waals surface area contributed by atoms with E-state index in [4.69, 9.17) is 16.2 Å². The zero-order chi connectivity index (χ0) is 16.0. The van der Waals surface area contributed by atoms with Crippen LogP contribution in [0.1, 0.15) is 37.7 Å². The van der Waals surface area contributed by atoms with Crippen molar-refractivity contribution in [2.24, 2.45) is 11.5 Å². The minimum absolute atomic E-state index is 0.118. The average Bonchev–Trinajstić information content (AvgIpc) is 2.57. The van der Waals surface area contributed by atoms with E-state index in [9.17, 15) is 9.18 Å². The Morgan fingerprint density at radius 1 is 1.23 bits per heavy atom. The summed E-state index contributed by atoms with van der Waals surface area (Å²) in [7, 11) is 0. The van der Waals surface area contributed by atoms with Gasteiger partial charge < -0.3 is 16.2 Å². The number of benzene rings is 1. The van der Waals surface area contributed by atoms with Crippen LogP contribution in [0.4, 0.5) is 4.39 Å². The maximum Gasteiger partial charge on any atom is 0.228 e. The Morgan fingerprint density at radius 2 is 1.86 bits per heavy atom. The summed E-state index contributed by atoms with van der Waals surface area (Å²) in [6.07, 6.45) is 5.24. The predicted molar refractivity (Wildman–Crippen MR) is 84.1 cm³/mol. The molecule has 5 heteroatoms. The van der Waals surface area contributed by atoms with Crippen molar-refractivity contribution in [2.45, 2.75) is 37.5 Å². The average molecular weight is 306 g/mol. The van der Waals surface area contributed by atoms with E-state index < -0.39 is 5.41 Å². The normalized spacial score (nSPS) is 18.0. The molecule has 0 aliphatic heterocycles. The van der Waals surface area contributed by atoms with Gasteiger partial charge in [-0.3, -0.25) is 4.79 Å². The van der Waals surface area contributed by atoms with Gasteiger partial charge >= 0.3 is 0 Å². The third-order valence-electron chi connectivity index (χ3n) is 4.43. The quantitative estimate of drug-likeness (QED) is 0.848. The Morgan fingerprint density at radius 3 is 2.36 bits per heavy atom. The Bertz CT molecular complexity index is 534. The number of halogens is 1. The number of carbonyl (C=O) groups is 1. The zero-order valence-corrected chi connectivity index (χ0v) is 12.7. The van der Waals surface area contributed by atoms with Gasteiger partial charge in [0, 0.05) is 12.1 Å². The van der Waals surface area contributed by atoms with Crippen molar-refractivity contribution in [1.29, 1.82) is 0 Å². The molecule has 120 valence electrons. The standard InChI is InChI=1S/C17H23FN2O2/c18-10-13(11-19)12-22-15-6-4-14(5-7-15)17(16(20)21)8-2-1-3-9-17/h4-7,10H,1-3,8-9,11-12,19H2,(H2,20,21). The van der Waals surface area contributed by atoms with Crippen LogP contribution in [0.15, 0.2) is 36.2 Å². The van der Waals surface area contributed by atoms with Crippen LogP contribution < -0.4 is 16.2 Å². The Hall–Kier alpha value is -1.88. The van der Waals surface area contributed by atoms with Gasteiger partial charge in [-0.2, -0.15) is 0 Å². The lowest BCUT2D eigenvalue weighted by Gasteiger charge is -2.34. The van der Waals surface area contributed by atoms with Crippen molar-refractivity contribution < 1.29 is 13.9 Å². The molecular formula is C17H23FN2O2. The van der Waals surface area contributed by atoms with E-state index in [1.165, 1.54) is 0 Å². The molecule has 1 saturated carbocycles. The lowest BCUT2D eigenvalue weighted by Crippen LogP contribution is -2.42. The summed E-state index contributed by atoms with van der Waals surface area (Å²) in [4.78, 5) is 12.0. The molecule has 1 aliphatic rings. The number of primary amides is 1. The largest absolute Gasteiger partial charge is 0.489 e. The highest BCUT2D eigenvalue weighted by Crippen LogP contribution is 2.39. The smallest absolute Gasteiger partial charge is 0.228 e. The molecule has 0 heterocycles. The van der Waals surface area contributed by atoms with Gasteiger partial charge in [-0.15, -0.1) is 0 Å². The summed E-state index contributed by atoms with van der Waals surface area (Å²) >= 11 is 0. The molecule has 1 aromatic carbocycles. The SMILES string of the molecule is NCC(=CF)COc1ccc(C2(C(N)=O)CCCCC2)cc1. The summed E-state index contributed by atoms with van der Waals surface area (Å²) in [5, 5.41) is 0. The summed E-state index contributed by atoms with van der Waals surface area (Å²) in [5.41, 5.74) is 11.8. The van der Waals surface area contributed by atoms with Gasteiger partial charge in [0.1, 0.15) is 12.4 Å². The van der Waals surface area contributed by atoms with Crippen molar-refractivity contribution in [2.75, 3.05) is 13.2 Å². The molecule has 4 nitrogen and oxygen atoms in total. The van der Waals surface area contributed by atoms with E-state index in [1.807, 2.05) is 12.1 Å². The van der Waals surface area contributed by atoms with Crippen molar-refractivity contribution in [3.05, 3.63) is 41.7 Å². The molecule has 1 amide bonds. The summed E-state index contributed by atoms with van der Waals surface area (Å²) in [5.74, 6) is 0.360. The van der Waals surface area contributed by atoms with Crippen molar-refractivity contribution in [3.8, 4) is 5.75 Å². The number of nitrogens with two attached hydrogens (primary N) is 2. The highest BCUT2D eigenvalue weighted by atomic mass is 19.1. The first-order valence-electron chi connectivity index (χ1n) is 7.64. The van der Waals surface area contributed by atoms with Gasteiger partial charge in [0.05, 0.1) is 11.7 Å². The van der Waals surface area contributed by atoms with Crippen molar-refractivity contribution in [3.63, 3.8) is 0 Å². The van der Waals surface area contributed by atoms with Crippen LogP contribution in [0.5, 0.6) is 5.75 Å². The fourth-order valence-corrected chi connectivity index (χ4v) is 3.01. The van der Waals surface area contributed by atoms with Crippen LogP contribution in [0.25, 0.3) is 0 Å². The predicted octanol–water partition coefficient (Wildman–Crippen LogP) is 2.56. The minimum Gasteiger partial charge on any atom is -0.489 e. The fourth-order valence-electron chi connectivity index (χ4n) is 3.01. The number of ether oxygens (including phenoxy) is 1. The fraction of sp³-hybridized carbons (Fsp3) is 0.471. The van der Waals surface area contributed by atoms with E-state index in [0.717, 1.165) is 37.7 Å². The maximum absolute atomic E-state index is 12.4. The van der Waals surface area contributed by atoms with Gasteiger partial charge in [-0.1, -0.05) is 31.4 Å². The number of amides is 1. The van der Waals surface area contributed by atoms with E-state index >= 15 is 0 Å². The number of rotatable bonds is 6. The second-order valence-corrected chi connectivity index (χ2v) is 5.79. The minimum atomic E-state index is -0.557. The molecule has 1 aromatic rings. The van der Waals surface area contributed by atoms with E-state index in [2.05, 4.69) is 0 Å². The summed E-state index contributed by atoms with van der Waals surface area (Å²) in [6.45, 7) is 0.243. The van der Waals surface area contributed by atoms with Crippen LogP contribution in [0.2, 0.25) is 0 Å². The first-order chi connectivity index (χ1) is 10.6. The zero-order valence-electron chi connectivity index (χ0n) is 12.7. The van der Waals surface area contributed by atoms with Crippen LogP contribution in [-0.4, -0.2) is 19.1 Å². The van der Waals surface area contributed by atoms with Gasteiger partial charge in [-0.25, -0.2) is 4.39 Å². The summed E-state index contributed by atoms with van der Waals surface area (Å²) < 4.78 is 17.9. The van der Waals surface area contributed by atoms with E-state index in [1.54, 1.807) is 12.1 Å². The third kappa shape index (κ3) is 3.47. The molecular weight excluding hydrogens is 283 g/mol. The van der Waals surface area contributed by atoms with E-state index in [0.29, 0.717) is 17.7 Å². The van der Waals surface area contributed by atoms with Crippen LogP contribution >= 0.6 is 0 Å². The third-order valence-corrected chi connectivity index (χ3v) is 4.43. The Kier molecular flexibility index (Phi) is 5.55. The molecule has 0 saturated heterocycles. The molecule has 4 N–H and O–H groups in total. The Labute approximate surface area is 130 Å². The van der Waals surface area contributed by atoms with Gasteiger partial charge in [-0.05, 0) is 30.5 Å². The van der Waals surface area contributed by atoms with Crippen molar-refractivity contribution >= 4 is 5.91 Å². The van der Waals surface area contributed by atoms with E-state index in [-0.39, 0.29) is 19.1 Å². The number of hydrogen-bond donors (Lipinski definition) is 2. The second-order valence-electron chi connectivity index (χ2n) is 5.79. The molecule has 1 fully saturated rings. The monoisotopic (exact) mass is 306 g/mol. The Balaban J connectivity index is 2.11. The van der Waals surface area contributed by atoms with Gasteiger partial charge in [0.2, 0.25) is 5.91 Å². The van der Waals surface area contributed by atoms with Crippen LogP contribution in [0, 0.1) is 0 Å². The molecule has 0 atom stereocenters. The molecule has 0 unspecified atom stereocenters. The first kappa shape index (κ1) is 16.5. The molecule has 22 heavy (non-hydrogen) atoms. The van der Waals surface area contributed by atoms with Gasteiger partial charge in [0.15, 0.2) is 0 Å². The lowest BCUT2D eigenvalue weighted by atomic mass is 9.69. The van der Waals surface area contributed by atoms with Crippen LogP contribution in [0.3, 0.4) is 0 Å². The van der Waals surface area contributed by atoms with Gasteiger partial charge in [0.25, 0.3) is 0 Å². The number of hydrogen-bond acceptors (Lipinski definition) is 3. The highest BCUT2D eigenvalue weighted by molar-refractivity contribution is 5.86. The molecule has 1 aliphatic carbocycles. The second kappa shape index (κ2) is 7.40. The van der Waals surface area contributed by atoms with Crippen molar-refractivity contribution in [1.82, 2.24) is 0 Å². The topological polar surface area (TPSA) is 78.3 Å². The molecule has 0 aromatic heterocycles. The molecule has 0 bridgehead atoms. The summed E-state index contributed by atoms with van der Waals surface area (Å²) in [6, 6.07) is 7.35. The molecule has 0 radical (unpaired) electrons. The molecule has 0 spiro atoms. The lowest BCUT2D eigenvalue weighted by molar-refractivity contribution is -0.124. The first-order valence-corrected chi connectivity index (χ1v) is 7.64. The maximum atomic E-state index is 12.4. The number of carbonyl (C=O) groups excluding carboxylic acids is 1.